The van der Waals surface area contributed by atoms with Crippen LogP contribution in [0.4, 0.5) is 0 Å². The SMILES string of the molecule is C/C=C(\C)c1ccc(-c2nc(-c3ccccc3)cc(-c3cccc(-c4cccc5c4Oc4c(ccc6c4-c4ccccc4C6(c4ccccc4)c4ccccc4)O5)c3)n2)cc1. The van der Waals surface area contributed by atoms with Crippen LogP contribution in [0.1, 0.15) is 41.7 Å². The van der Waals surface area contributed by atoms with Crippen molar-refractivity contribution in [2.45, 2.75) is 19.3 Å². The number of fused-ring (bicyclic) bond motifs is 6. The van der Waals surface area contributed by atoms with Crippen LogP contribution in [0.25, 0.3) is 61.7 Å². The first-order chi connectivity index (χ1) is 30.1. The summed E-state index contributed by atoms with van der Waals surface area (Å²) in [5, 5.41) is 0. The molecule has 4 nitrogen and oxygen atoms in total. The highest BCUT2D eigenvalue weighted by Gasteiger charge is 2.48. The first-order valence-electron chi connectivity index (χ1n) is 20.8. The van der Waals surface area contributed by atoms with Crippen LogP contribution in [0.5, 0.6) is 23.0 Å². The molecule has 0 unspecified atom stereocenters. The topological polar surface area (TPSA) is 44.2 Å². The number of hydrogen-bond acceptors (Lipinski definition) is 4. The summed E-state index contributed by atoms with van der Waals surface area (Å²) in [7, 11) is 0. The van der Waals surface area contributed by atoms with Gasteiger partial charge in [0.25, 0.3) is 0 Å². The van der Waals surface area contributed by atoms with Crippen LogP contribution in [0, 0.1) is 0 Å². The number of hydrogen-bond donors (Lipinski definition) is 0. The fraction of sp³-hybridized carbons (Fsp3) is 0.0526. The Hall–Kier alpha value is -7.82. The molecule has 0 fully saturated rings. The molecule has 0 radical (unpaired) electrons. The molecular weight excluding hydrogens is 745 g/mol. The van der Waals surface area contributed by atoms with Crippen molar-refractivity contribution in [2.24, 2.45) is 0 Å². The Bertz CT molecular complexity index is 3100. The normalized spacial score (nSPS) is 13.2. The molecule has 0 amide bonds. The Kier molecular flexibility index (Phi) is 8.79. The maximum absolute atomic E-state index is 7.21. The number of nitrogens with zero attached hydrogens (tertiary/aromatic N) is 2. The van der Waals surface area contributed by atoms with E-state index < -0.39 is 5.41 Å². The predicted molar refractivity (Wildman–Crippen MR) is 247 cm³/mol. The van der Waals surface area contributed by atoms with E-state index in [0.29, 0.717) is 23.1 Å². The van der Waals surface area contributed by atoms with Crippen molar-refractivity contribution >= 4 is 5.57 Å². The summed E-state index contributed by atoms with van der Waals surface area (Å²) in [6.45, 7) is 4.19. The molecule has 61 heavy (non-hydrogen) atoms. The van der Waals surface area contributed by atoms with Gasteiger partial charge in [0.2, 0.25) is 0 Å². The van der Waals surface area contributed by atoms with Gasteiger partial charge < -0.3 is 9.47 Å². The number of ether oxygens (including phenoxy) is 2. The van der Waals surface area contributed by atoms with Gasteiger partial charge in [0.1, 0.15) is 0 Å². The molecule has 1 aromatic heterocycles. The van der Waals surface area contributed by atoms with Crippen molar-refractivity contribution in [1.82, 2.24) is 9.97 Å². The van der Waals surface area contributed by atoms with E-state index >= 15 is 0 Å². The van der Waals surface area contributed by atoms with Gasteiger partial charge in [0.05, 0.1) is 16.8 Å². The van der Waals surface area contributed by atoms with E-state index in [0.717, 1.165) is 61.6 Å². The van der Waals surface area contributed by atoms with Crippen LogP contribution < -0.4 is 9.47 Å². The maximum atomic E-state index is 7.21. The van der Waals surface area contributed by atoms with E-state index in [1.54, 1.807) is 0 Å². The molecule has 0 N–H and O–H groups in total. The number of benzene rings is 8. The van der Waals surface area contributed by atoms with Crippen LogP contribution >= 0.6 is 0 Å². The fourth-order valence-electron chi connectivity index (χ4n) is 9.19. The maximum Gasteiger partial charge on any atom is 0.178 e. The zero-order chi connectivity index (χ0) is 40.9. The van der Waals surface area contributed by atoms with E-state index in [9.17, 15) is 0 Å². The van der Waals surface area contributed by atoms with Crippen molar-refractivity contribution < 1.29 is 9.47 Å². The molecule has 8 aromatic carbocycles. The summed E-state index contributed by atoms with van der Waals surface area (Å²) in [5.41, 5.74) is 15.4. The van der Waals surface area contributed by atoms with Gasteiger partial charge in [0.15, 0.2) is 28.8 Å². The smallest absolute Gasteiger partial charge is 0.178 e. The molecule has 1 aliphatic heterocycles. The highest BCUT2D eigenvalue weighted by Crippen LogP contribution is 2.62. The Labute approximate surface area is 356 Å². The van der Waals surface area contributed by atoms with E-state index in [1.165, 1.54) is 27.8 Å². The van der Waals surface area contributed by atoms with Crippen molar-refractivity contribution in [3.8, 4) is 79.2 Å². The van der Waals surface area contributed by atoms with Gasteiger partial charge in [-0.05, 0) is 82.6 Å². The molecule has 9 aromatic rings. The van der Waals surface area contributed by atoms with Gasteiger partial charge in [-0.3, -0.25) is 0 Å². The van der Waals surface area contributed by atoms with Crippen molar-refractivity contribution in [2.75, 3.05) is 0 Å². The highest BCUT2D eigenvalue weighted by atomic mass is 16.6. The summed E-state index contributed by atoms with van der Waals surface area (Å²) in [4.78, 5) is 10.3. The molecule has 0 spiro atoms. The second kappa shape index (κ2) is 14.8. The van der Waals surface area contributed by atoms with E-state index in [-0.39, 0.29) is 0 Å². The summed E-state index contributed by atoms with van der Waals surface area (Å²) in [5.74, 6) is 3.44. The van der Waals surface area contributed by atoms with Crippen LogP contribution in [0.2, 0.25) is 0 Å². The number of para-hydroxylation sites is 1. The third kappa shape index (κ3) is 5.98. The lowest BCUT2D eigenvalue weighted by Crippen LogP contribution is -2.28. The lowest BCUT2D eigenvalue weighted by Gasteiger charge is -2.34. The summed E-state index contributed by atoms with van der Waals surface area (Å²) >= 11 is 0. The molecule has 2 aliphatic rings. The highest BCUT2D eigenvalue weighted by molar-refractivity contribution is 5.92. The van der Waals surface area contributed by atoms with Crippen molar-refractivity contribution in [3.63, 3.8) is 0 Å². The van der Waals surface area contributed by atoms with E-state index in [1.807, 2.05) is 30.3 Å². The third-order valence-electron chi connectivity index (χ3n) is 12.2. The Morgan fingerprint density at radius 1 is 0.459 bits per heavy atom. The average molecular weight is 785 g/mol. The third-order valence-corrected chi connectivity index (χ3v) is 12.2. The Balaban J connectivity index is 1.04. The second-order valence-corrected chi connectivity index (χ2v) is 15.6. The summed E-state index contributed by atoms with van der Waals surface area (Å²) in [6.07, 6.45) is 2.13. The molecule has 2 heterocycles. The summed E-state index contributed by atoms with van der Waals surface area (Å²) in [6, 6.07) is 70.2. The molecule has 0 saturated carbocycles. The Morgan fingerprint density at radius 2 is 1.05 bits per heavy atom. The van der Waals surface area contributed by atoms with Crippen LogP contribution in [-0.2, 0) is 5.41 Å². The lowest BCUT2D eigenvalue weighted by molar-refractivity contribution is 0.361. The first kappa shape index (κ1) is 36.3. The molecule has 0 atom stereocenters. The summed E-state index contributed by atoms with van der Waals surface area (Å²) < 4.78 is 14.0. The number of rotatable bonds is 7. The van der Waals surface area contributed by atoms with Gasteiger partial charge in [-0.2, -0.15) is 0 Å². The van der Waals surface area contributed by atoms with Crippen molar-refractivity contribution in [3.05, 3.63) is 234 Å². The quantitative estimate of drug-likeness (QED) is 0.161. The fourth-order valence-corrected chi connectivity index (χ4v) is 9.19. The Morgan fingerprint density at radius 3 is 1.77 bits per heavy atom. The van der Waals surface area contributed by atoms with Gasteiger partial charge in [-0.1, -0.05) is 182 Å². The molecule has 0 bridgehead atoms. The van der Waals surface area contributed by atoms with Gasteiger partial charge in [0, 0.05) is 27.8 Å². The molecule has 1 aliphatic carbocycles. The minimum absolute atomic E-state index is 0.552. The van der Waals surface area contributed by atoms with E-state index in [2.05, 4.69) is 190 Å². The number of aromatic nitrogens is 2. The van der Waals surface area contributed by atoms with Crippen molar-refractivity contribution in [1.29, 1.82) is 0 Å². The van der Waals surface area contributed by atoms with E-state index in [4.69, 9.17) is 19.4 Å². The minimum atomic E-state index is -0.552. The zero-order valence-corrected chi connectivity index (χ0v) is 33.8. The molecule has 4 heteroatoms. The molecular formula is C57H40N2O2. The lowest BCUT2D eigenvalue weighted by atomic mass is 9.68. The standard InChI is InChI=1S/C57H40N2O2/c1-3-37(2)38-29-31-40(32-30-38)56-58-49(39-17-7-4-8-18-39)36-50(59-56)42-20-15-19-41(35-42)45-26-16-28-51-54(45)61-55-52(60-51)34-33-48-53(55)46-25-13-14-27-47(46)57(48,43-21-9-5-10-22-43)44-23-11-6-12-24-44/h3-36H,1-2H3/b37-3+. The van der Waals surface area contributed by atoms with Crippen LogP contribution in [0.3, 0.4) is 0 Å². The largest absolute Gasteiger partial charge is 0.449 e. The second-order valence-electron chi connectivity index (χ2n) is 15.6. The van der Waals surface area contributed by atoms with Crippen LogP contribution in [-0.4, -0.2) is 9.97 Å². The van der Waals surface area contributed by atoms with Gasteiger partial charge >= 0.3 is 0 Å². The van der Waals surface area contributed by atoms with Gasteiger partial charge in [-0.15, -0.1) is 0 Å². The minimum Gasteiger partial charge on any atom is -0.449 e. The predicted octanol–water partition coefficient (Wildman–Crippen LogP) is 14.8. The average Bonchev–Trinajstić information content (AvgIpc) is 3.65. The van der Waals surface area contributed by atoms with Crippen LogP contribution in [0.15, 0.2) is 206 Å². The molecule has 0 saturated heterocycles. The molecule has 290 valence electrons. The first-order valence-corrected chi connectivity index (χ1v) is 20.8. The monoisotopic (exact) mass is 784 g/mol. The zero-order valence-electron chi connectivity index (χ0n) is 33.8. The van der Waals surface area contributed by atoms with Gasteiger partial charge in [-0.25, -0.2) is 9.97 Å². The number of allylic oxidation sites excluding steroid dienone is 2. The molecule has 11 rings (SSSR count).